The molecule has 0 aliphatic carbocycles. The summed E-state index contributed by atoms with van der Waals surface area (Å²) in [5.41, 5.74) is 1.54. The zero-order chi connectivity index (χ0) is 20.8. The predicted molar refractivity (Wildman–Crippen MR) is 117 cm³/mol. The van der Waals surface area contributed by atoms with Crippen LogP contribution in [-0.2, 0) is 20.7 Å². The molecule has 3 aromatic rings. The molecular formula is C23H24N4O3. The Kier molecular flexibility index (Phi) is 6.20. The molecule has 1 aliphatic rings. The van der Waals surface area contributed by atoms with E-state index in [1.807, 2.05) is 54.6 Å². The molecule has 1 saturated heterocycles. The third kappa shape index (κ3) is 4.93. The van der Waals surface area contributed by atoms with Crippen LogP contribution in [-0.4, -0.2) is 49.6 Å². The summed E-state index contributed by atoms with van der Waals surface area (Å²) < 4.78 is 5.34. The first-order chi connectivity index (χ1) is 14.7. The Bertz CT molecular complexity index is 1020. The molecule has 7 heteroatoms. The van der Waals surface area contributed by atoms with Crippen LogP contribution in [0.15, 0.2) is 60.8 Å². The maximum absolute atomic E-state index is 12.3. The molecule has 0 saturated carbocycles. The van der Waals surface area contributed by atoms with Gasteiger partial charge in [-0.25, -0.2) is 4.98 Å². The number of hydrogen-bond acceptors (Lipinski definition) is 5. The molecule has 30 heavy (non-hydrogen) atoms. The van der Waals surface area contributed by atoms with E-state index in [2.05, 4.69) is 20.5 Å². The van der Waals surface area contributed by atoms with Crippen LogP contribution in [0.4, 0.5) is 11.5 Å². The number of benzene rings is 2. The SMILES string of the molecule is O=C(Cc1cccc2ccccc12)NCC(=O)Nc1ccc(N2CCOCC2)nc1. The van der Waals surface area contributed by atoms with Gasteiger partial charge >= 0.3 is 0 Å². The Labute approximate surface area is 175 Å². The van der Waals surface area contributed by atoms with Crippen LogP contribution in [0.5, 0.6) is 0 Å². The molecule has 4 rings (SSSR count). The summed E-state index contributed by atoms with van der Waals surface area (Å²) in [6.07, 6.45) is 1.85. The van der Waals surface area contributed by atoms with E-state index >= 15 is 0 Å². The van der Waals surface area contributed by atoms with Gasteiger partial charge in [-0.2, -0.15) is 0 Å². The molecule has 154 valence electrons. The fourth-order valence-corrected chi connectivity index (χ4v) is 3.51. The summed E-state index contributed by atoms with van der Waals surface area (Å²) in [5, 5.41) is 7.59. The average molecular weight is 404 g/mol. The topological polar surface area (TPSA) is 83.6 Å². The van der Waals surface area contributed by atoms with Crippen LogP contribution in [0.25, 0.3) is 10.8 Å². The number of morpholine rings is 1. The summed E-state index contributed by atoms with van der Waals surface area (Å²) in [4.78, 5) is 31.0. The van der Waals surface area contributed by atoms with Crippen molar-refractivity contribution < 1.29 is 14.3 Å². The van der Waals surface area contributed by atoms with Crippen LogP contribution in [0.1, 0.15) is 5.56 Å². The van der Waals surface area contributed by atoms with Gasteiger partial charge in [-0.1, -0.05) is 42.5 Å². The first-order valence-corrected chi connectivity index (χ1v) is 10.0. The summed E-state index contributed by atoms with van der Waals surface area (Å²) in [7, 11) is 0. The number of nitrogens with zero attached hydrogens (tertiary/aromatic N) is 2. The van der Waals surface area contributed by atoms with Crippen molar-refractivity contribution in [1.82, 2.24) is 10.3 Å². The fraction of sp³-hybridized carbons (Fsp3) is 0.261. The third-order valence-electron chi connectivity index (χ3n) is 5.04. The van der Waals surface area contributed by atoms with E-state index in [-0.39, 0.29) is 24.8 Å². The van der Waals surface area contributed by atoms with Gasteiger partial charge in [0.1, 0.15) is 5.82 Å². The molecular weight excluding hydrogens is 380 g/mol. The van der Waals surface area contributed by atoms with Crippen molar-refractivity contribution in [3.8, 4) is 0 Å². The molecule has 1 aliphatic heterocycles. The van der Waals surface area contributed by atoms with Crippen molar-refractivity contribution in [1.29, 1.82) is 0 Å². The number of carbonyl (C=O) groups excluding carboxylic acids is 2. The number of aromatic nitrogens is 1. The molecule has 0 atom stereocenters. The summed E-state index contributed by atoms with van der Waals surface area (Å²) in [5.74, 6) is 0.379. The first kappa shape index (κ1) is 19.8. The number of ether oxygens (including phenoxy) is 1. The van der Waals surface area contributed by atoms with E-state index in [9.17, 15) is 9.59 Å². The molecule has 0 unspecified atom stereocenters. The molecule has 2 amide bonds. The Morgan fingerprint density at radius 1 is 0.967 bits per heavy atom. The number of anilines is 2. The number of nitrogens with one attached hydrogen (secondary N) is 2. The zero-order valence-corrected chi connectivity index (χ0v) is 16.6. The normalized spacial score (nSPS) is 13.8. The number of hydrogen-bond donors (Lipinski definition) is 2. The number of pyridine rings is 1. The lowest BCUT2D eigenvalue weighted by Gasteiger charge is -2.27. The van der Waals surface area contributed by atoms with Crippen molar-refractivity contribution in [2.24, 2.45) is 0 Å². The van der Waals surface area contributed by atoms with Gasteiger partial charge in [0, 0.05) is 13.1 Å². The van der Waals surface area contributed by atoms with E-state index in [1.54, 1.807) is 6.20 Å². The average Bonchev–Trinajstić information content (AvgIpc) is 2.79. The van der Waals surface area contributed by atoms with Gasteiger partial charge in [0.2, 0.25) is 11.8 Å². The molecule has 2 aromatic carbocycles. The highest BCUT2D eigenvalue weighted by Gasteiger charge is 2.13. The highest BCUT2D eigenvalue weighted by molar-refractivity contribution is 5.95. The lowest BCUT2D eigenvalue weighted by molar-refractivity contribution is -0.123. The van der Waals surface area contributed by atoms with Crippen molar-refractivity contribution in [2.45, 2.75) is 6.42 Å². The van der Waals surface area contributed by atoms with E-state index in [0.29, 0.717) is 18.9 Å². The summed E-state index contributed by atoms with van der Waals surface area (Å²) in [6, 6.07) is 17.5. The largest absolute Gasteiger partial charge is 0.378 e. The lowest BCUT2D eigenvalue weighted by Crippen LogP contribution is -2.36. The summed E-state index contributed by atoms with van der Waals surface area (Å²) >= 11 is 0. The minimum absolute atomic E-state index is 0.0885. The van der Waals surface area contributed by atoms with E-state index < -0.39 is 0 Å². The standard InChI is InChI=1S/C23H24N4O3/c28-22(14-18-6-3-5-17-4-1-2-7-20(17)18)25-16-23(29)26-19-8-9-21(24-15-19)27-10-12-30-13-11-27/h1-9,15H,10-14,16H2,(H,25,28)(H,26,29). The predicted octanol–water partition coefficient (Wildman–Crippen LogP) is 2.37. The van der Waals surface area contributed by atoms with Gasteiger partial charge in [-0.15, -0.1) is 0 Å². The highest BCUT2D eigenvalue weighted by Crippen LogP contribution is 2.19. The number of fused-ring (bicyclic) bond motifs is 1. The Hall–Kier alpha value is -3.45. The van der Waals surface area contributed by atoms with Gasteiger partial charge < -0.3 is 20.3 Å². The van der Waals surface area contributed by atoms with Crippen molar-refractivity contribution in [2.75, 3.05) is 43.1 Å². The minimum Gasteiger partial charge on any atom is -0.378 e. The van der Waals surface area contributed by atoms with Crippen molar-refractivity contribution in [3.63, 3.8) is 0 Å². The first-order valence-electron chi connectivity index (χ1n) is 10.0. The lowest BCUT2D eigenvalue weighted by atomic mass is 10.0. The molecule has 1 aromatic heterocycles. The zero-order valence-electron chi connectivity index (χ0n) is 16.6. The van der Waals surface area contributed by atoms with Crippen LogP contribution in [0.2, 0.25) is 0 Å². The summed E-state index contributed by atoms with van der Waals surface area (Å²) in [6.45, 7) is 2.91. The van der Waals surface area contributed by atoms with Crippen LogP contribution in [0.3, 0.4) is 0 Å². The molecule has 2 N–H and O–H groups in total. The third-order valence-corrected chi connectivity index (χ3v) is 5.04. The van der Waals surface area contributed by atoms with Gasteiger partial charge in [-0.3, -0.25) is 9.59 Å². The van der Waals surface area contributed by atoms with Crippen LogP contribution in [0, 0.1) is 0 Å². The van der Waals surface area contributed by atoms with Crippen molar-refractivity contribution in [3.05, 3.63) is 66.4 Å². The van der Waals surface area contributed by atoms with Gasteiger partial charge in [0.15, 0.2) is 0 Å². The molecule has 0 radical (unpaired) electrons. The Morgan fingerprint density at radius 2 is 1.77 bits per heavy atom. The van der Waals surface area contributed by atoms with Crippen LogP contribution >= 0.6 is 0 Å². The molecule has 0 bridgehead atoms. The number of rotatable bonds is 6. The fourth-order valence-electron chi connectivity index (χ4n) is 3.51. The second kappa shape index (κ2) is 9.37. The molecule has 2 heterocycles. The number of amides is 2. The van der Waals surface area contributed by atoms with E-state index in [1.165, 1.54) is 0 Å². The highest BCUT2D eigenvalue weighted by atomic mass is 16.5. The van der Waals surface area contributed by atoms with Gasteiger partial charge in [-0.05, 0) is 28.5 Å². The van der Waals surface area contributed by atoms with Crippen LogP contribution < -0.4 is 15.5 Å². The molecule has 1 fully saturated rings. The Morgan fingerprint density at radius 3 is 2.57 bits per heavy atom. The Balaban J connectivity index is 1.27. The van der Waals surface area contributed by atoms with Gasteiger partial charge in [0.05, 0.1) is 38.1 Å². The quantitative estimate of drug-likeness (QED) is 0.659. The molecule has 7 nitrogen and oxygen atoms in total. The van der Waals surface area contributed by atoms with E-state index in [4.69, 9.17) is 4.74 Å². The smallest absolute Gasteiger partial charge is 0.243 e. The molecule has 0 spiro atoms. The number of carbonyl (C=O) groups is 2. The van der Waals surface area contributed by atoms with Crippen molar-refractivity contribution >= 4 is 34.1 Å². The minimum atomic E-state index is -0.290. The maximum Gasteiger partial charge on any atom is 0.243 e. The van der Waals surface area contributed by atoms with E-state index in [0.717, 1.165) is 35.2 Å². The monoisotopic (exact) mass is 404 g/mol. The second-order valence-corrected chi connectivity index (χ2v) is 7.14. The second-order valence-electron chi connectivity index (χ2n) is 7.14. The maximum atomic E-state index is 12.3. The van der Waals surface area contributed by atoms with Gasteiger partial charge in [0.25, 0.3) is 0 Å².